The van der Waals surface area contributed by atoms with Crippen LogP contribution in [0, 0.1) is 0 Å². The molecule has 1 aliphatic rings. The third-order valence-corrected chi connectivity index (χ3v) is 5.78. The van der Waals surface area contributed by atoms with Crippen molar-refractivity contribution in [3.8, 4) is 0 Å². The van der Waals surface area contributed by atoms with Gasteiger partial charge in [-0.2, -0.15) is 0 Å². The van der Waals surface area contributed by atoms with E-state index in [-0.39, 0.29) is 11.8 Å². The number of halogens is 1. The van der Waals surface area contributed by atoms with Crippen molar-refractivity contribution in [1.82, 2.24) is 14.9 Å². The van der Waals surface area contributed by atoms with Crippen LogP contribution in [0.5, 0.6) is 0 Å². The number of nitrogens with zero attached hydrogens (tertiary/aromatic N) is 3. The second-order valence-electron chi connectivity index (χ2n) is 7.50. The van der Waals surface area contributed by atoms with Gasteiger partial charge in [0, 0.05) is 53.7 Å². The molecule has 1 fully saturated rings. The Kier molecular flexibility index (Phi) is 6.20. The molecule has 0 bridgehead atoms. The lowest BCUT2D eigenvalue weighted by Crippen LogP contribution is -2.40. The van der Waals surface area contributed by atoms with Crippen molar-refractivity contribution in [1.29, 1.82) is 0 Å². The number of likely N-dealkylation sites (tertiary alicyclic amines) is 1. The number of piperidine rings is 1. The summed E-state index contributed by atoms with van der Waals surface area (Å²) in [5.74, 6) is 0.406. The van der Waals surface area contributed by atoms with E-state index in [2.05, 4.69) is 17.1 Å². The number of carbonyl (C=O) groups is 1. The first kappa shape index (κ1) is 19.6. The summed E-state index contributed by atoms with van der Waals surface area (Å²) in [5, 5.41) is 0.767. The fraction of sp³-hybridized carbons (Fsp3) is 0.292. The summed E-state index contributed by atoms with van der Waals surface area (Å²) in [5.41, 5.74) is 3.96. The van der Waals surface area contributed by atoms with E-state index in [0.717, 1.165) is 47.1 Å². The zero-order chi connectivity index (χ0) is 20.1. The van der Waals surface area contributed by atoms with Crippen LogP contribution in [0.15, 0.2) is 66.9 Å². The highest BCUT2D eigenvalue weighted by Crippen LogP contribution is 2.27. The molecule has 2 aromatic heterocycles. The lowest BCUT2D eigenvalue weighted by molar-refractivity contribution is -0.131. The fourth-order valence-corrected chi connectivity index (χ4v) is 4.08. The van der Waals surface area contributed by atoms with E-state index in [0.29, 0.717) is 19.4 Å². The first-order valence-corrected chi connectivity index (χ1v) is 10.4. The summed E-state index contributed by atoms with van der Waals surface area (Å²) < 4.78 is 0. The number of carbonyl (C=O) groups excluding carboxylic acids is 1. The van der Waals surface area contributed by atoms with Crippen LogP contribution in [-0.4, -0.2) is 33.9 Å². The Hall–Kier alpha value is -2.72. The second-order valence-corrected chi connectivity index (χ2v) is 7.91. The predicted octanol–water partition coefficient (Wildman–Crippen LogP) is 4.67. The number of benzene rings is 1. The van der Waals surface area contributed by atoms with Gasteiger partial charge in [-0.3, -0.25) is 14.8 Å². The number of aromatic nitrogens is 2. The highest BCUT2D eigenvalue weighted by Gasteiger charge is 2.26. The molecule has 29 heavy (non-hydrogen) atoms. The van der Waals surface area contributed by atoms with Gasteiger partial charge in [-0.05, 0) is 48.7 Å². The van der Waals surface area contributed by atoms with Crippen LogP contribution in [0.4, 0.5) is 0 Å². The van der Waals surface area contributed by atoms with Crippen molar-refractivity contribution >= 4 is 17.5 Å². The summed E-state index contributed by atoms with van der Waals surface area (Å²) >= 11 is 6.31. The molecule has 0 N–H and O–H groups in total. The molecule has 0 saturated carbocycles. The van der Waals surface area contributed by atoms with Crippen LogP contribution < -0.4 is 0 Å². The molecule has 0 radical (unpaired) electrons. The van der Waals surface area contributed by atoms with Crippen LogP contribution in [-0.2, 0) is 17.6 Å². The Labute approximate surface area is 176 Å². The minimum Gasteiger partial charge on any atom is -0.342 e. The third kappa shape index (κ3) is 5.01. The summed E-state index contributed by atoms with van der Waals surface area (Å²) in [7, 11) is 0. The van der Waals surface area contributed by atoms with Crippen molar-refractivity contribution in [3.05, 3.63) is 94.5 Å². The Balaban J connectivity index is 1.44. The zero-order valence-corrected chi connectivity index (χ0v) is 17.1. The maximum absolute atomic E-state index is 12.7. The van der Waals surface area contributed by atoms with Crippen LogP contribution in [0.25, 0.3) is 0 Å². The number of rotatable bonds is 5. The normalized spacial score (nSPS) is 16.6. The summed E-state index contributed by atoms with van der Waals surface area (Å²) in [6.07, 6.45) is 4.84. The number of hydrogen-bond acceptors (Lipinski definition) is 3. The molecule has 0 unspecified atom stereocenters. The molecule has 5 heteroatoms. The highest BCUT2D eigenvalue weighted by molar-refractivity contribution is 6.31. The van der Waals surface area contributed by atoms with Gasteiger partial charge in [-0.15, -0.1) is 0 Å². The first-order valence-electron chi connectivity index (χ1n) is 10.1. The van der Waals surface area contributed by atoms with Crippen molar-refractivity contribution in [2.45, 2.75) is 31.6 Å². The van der Waals surface area contributed by atoms with Gasteiger partial charge >= 0.3 is 0 Å². The molecule has 1 aliphatic heterocycles. The maximum Gasteiger partial charge on any atom is 0.228 e. The largest absolute Gasteiger partial charge is 0.342 e. The van der Waals surface area contributed by atoms with E-state index in [9.17, 15) is 4.79 Å². The molecule has 4 nitrogen and oxygen atoms in total. The quantitative estimate of drug-likeness (QED) is 0.619. The lowest BCUT2D eigenvalue weighted by atomic mass is 9.93. The Bertz CT molecular complexity index is 977. The third-order valence-electron chi connectivity index (χ3n) is 5.41. The lowest BCUT2D eigenvalue weighted by Gasteiger charge is -2.32. The molecule has 1 aromatic carbocycles. The Morgan fingerprint density at radius 3 is 2.69 bits per heavy atom. The van der Waals surface area contributed by atoms with E-state index in [1.54, 1.807) is 6.20 Å². The molecule has 1 atom stereocenters. The van der Waals surface area contributed by atoms with Gasteiger partial charge in [0.25, 0.3) is 0 Å². The van der Waals surface area contributed by atoms with Crippen molar-refractivity contribution in [2.75, 3.05) is 13.1 Å². The summed E-state index contributed by atoms with van der Waals surface area (Å²) in [6, 6.07) is 19.7. The SMILES string of the molecule is O=C(Cc1ccccn1)N1CCC[C@H](c2cccc(Cc3ccccc3Cl)n2)C1. The van der Waals surface area contributed by atoms with Crippen LogP contribution in [0.2, 0.25) is 5.02 Å². The second kappa shape index (κ2) is 9.19. The molecule has 3 aromatic rings. The van der Waals surface area contributed by atoms with E-state index in [4.69, 9.17) is 16.6 Å². The highest BCUT2D eigenvalue weighted by atomic mass is 35.5. The topological polar surface area (TPSA) is 46.1 Å². The van der Waals surface area contributed by atoms with Crippen molar-refractivity contribution in [2.24, 2.45) is 0 Å². The molecule has 148 valence electrons. The number of amides is 1. The van der Waals surface area contributed by atoms with Crippen LogP contribution in [0.3, 0.4) is 0 Å². The first-order chi connectivity index (χ1) is 14.2. The summed E-state index contributed by atoms with van der Waals surface area (Å²) in [4.78, 5) is 23.9. The van der Waals surface area contributed by atoms with Gasteiger partial charge in [0.15, 0.2) is 0 Å². The van der Waals surface area contributed by atoms with Crippen molar-refractivity contribution < 1.29 is 4.79 Å². The Morgan fingerprint density at radius 1 is 1.03 bits per heavy atom. The molecule has 3 heterocycles. The molecule has 0 spiro atoms. The molecular formula is C24H24ClN3O. The number of pyridine rings is 2. The molecular weight excluding hydrogens is 382 g/mol. The van der Waals surface area contributed by atoms with E-state index < -0.39 is 0 Å². The standard InChI is InChI=1S/C24H24ClN3O/c25-22-11-2-1-7-18(22)15-21-10-5-12-23(27-21)19-8-6-14-28(17-19)24(29)16-20-9-3-4-13-26-20/h1-5,7,9-13,19H,6,8,14-17H2/t19-/m0/s1. The fourth-order valence-electron chi connectivity index (χ4n) is 3.88. The minimum absolute atomic E-state index is 0.139. The smallest absolute Gasteiger partial charge is 0.228 e. The number of hydrogen-bond donors (Lipinski definition) is 0. The molecule has 4 rings (SSSR count). The average molecular weight is 406 g/mol. The maximum atomic E-state index is 12.7. The van der Waals surface area contributed by atoms with Crippen LogP contribution in [0.1, 0.15) is 41.4 Å². The van der Waals surface area contributed by atoms with Crippen LogP contribution >= 0.6 is 11.6 Å². The van der Waals surface area contributed by atoms with Gasteiger partial charge in [0.2, 0.25) is 5.91 Å². The zero-order valence-electron chi connectivity index (χ0n) is 16.3. The van der Waals surface area contributed by atoms with Gasteiger partial charge in [0.05, 0.1) is 6.42 Å². The summed E-state index contributed by atoms with van der Waals surface area (Å²) in [6.45, 7) is 1.52. The predicted molar refractivity (Wildman–Crippen MR) is 115 cm³/mol. The van der Waals surface area contributed by atoms with E-state index >= 15 is 0 Å². The van der Waals surface area contributed by atoms with Gasteiger partial charge in [-0.1, -0.05) is 41.9 Å². The molecule has 0 aliphatic carbocycles. The Morgan fingerprint density at radius 2 is 1.86 bits per heavy atom. The van der Waals surface area contributed by atoms with E-state index in [1.165, 1.54) is 0 Å². The van der Waals surface area contributed by atoms with Gasteiger partial charge in [0.1, 0.15) is 0 Å². The molecule has 1 saturated heterocycles. The minimum atomic E-state index is 0.139. The van der Waals surface area contributed by atoms with Crippen molar-refractivity contribution in [3.63, 3.8) is 0 Å². The van der Waals surface area contributed by atoms with Gasteiger partial charge in [-0.25, -0.2) is 0 Å². The van der Waals surface area contributed by atoms with E-state index in [1.807, 2.05) is 53.4 Å². The monoisotopic (exact) mass is 405 g/mol. The molecule has 1 amide bonds. The van der Waals surface area contributed by atoms with Gasteiger partial charge < -0.3 is 4.90 Å². The average Bonchev–Trinajstić information content (AvgIpc) is 2.76.